The number of hydrogen-bond acceptors (Lipinski definition) is 4. The van der Waals surface area contributed by atoms with E-state index in [1.807, 2.05) is 71.0 Å². The number of fused-ring (bicyclic) bond motifs is 1. The summed E-state index contributed by atoms with van der Waals surface area (Å²) < 4.78 is 7.46. The van der Waals surface area contributed by atoms with Crippen molar-refractivity contribution in [2.75, 3.05) is 5.32 Å². The Bertz CT molecular complexity index is 924. The lowest BCUT2D eigenvalue weighted by atomic mass is 9.84. The molecule has 0 aliphatic rings. The molecule has 2 heterocycles. The fourth-order valence-electron chi connectivity index (χ4n) is 2.58. The highest BCUT2D eigenvalue weighted by Gasteiger charge is 2.30. The molecule has 0 atom stereocenters. The second-order valence-corrected chi connectivity index (χ2v) is 7.76. The molecule has 0 aliphatic heterocycles. The summed E-state index contributed by atoms with van der Waals surface area (Å²) in [7, 11) is 0. The van der Waals surface area contributed by atoms with Crippen molar-refractivity contribution >= 4 is 17.5 Å². The van der Waals surface area contributed by atoms with Gasteiger partial charge in [0.15, 0.2) is 5.65 Å². The number of carbonyl (C=O) groups excluding carboxylic acids is 1. The average molecular weight is 352 g/mol. The zero-order valence-corrected chi connectivity index (χ0v) is 15.8. The molecule has 1 amide bonds. The number of nitrogens with one attached hydrogen (secondary N) is 1. The van der Waals surface area contributed by atoms with Gasteiger partial charge in [0.05, 0.1) is 5.41 Å². The minimum atomic E-state index is -0.695. The zero-order valence-electron chi connectivity index (χ0n) is 15.8. The molecule has 26 heavy (non-hydrogen) atoms. The monoisotopic (exact) mass is 352 g/mol. The minimum Gasteiger partial charge on any atom is -0.488 e. The van der Waals surface area contributed by atoms with E-state index in [-0.39, 0.29) is 17.5 Å². The van der Waals surface area contributed by atoms with Crippen molar-refractivity contribution in [1.29, 1.82) is 0 Å². The minimum absolute atomic E-state index is 0.161. The fraction of sp³-hybridized carbons (Fsp3) is 0.350. The maximum absolute atomic E-state index is 12.7. The lowest BCUT2D eigenvalue weighted by Gasteiger charge is -2.23. The van der Waals surface area contributed by atoms with Crippen molar-refractivity contribution in [3.63, 3.8) is 0 Å². The molecule has 0 saturated heterocycles. The van der Waals surface area contributed by atoms with Crippen LogP contribution in [0, 0.1) is 0 Å². The number of hydrogen-bond donors (Lipinski definition) is 1. The fourth-order valence-corrected chi connectivity index (χ4v) is 2.58. The van der Waals surface area contributed by atoms with Crippen LogP contribution in [0.3, 0.4) is 0 Å². The van der Waals surface area contributed by atoms with Gasteiger partial charge in [0.1, 0.15) is 11.4 Å². The largest absolute Gasteiger partial charge is 0.488 e. The Hall–Kier alpha value is -2.89. The predicted molar refractivity (Wildman–Crippen MR) is 101 cm³/mol. The molecule has 0 spiro atoms. The number of pyridine rings is 1. The highest BCUT2D eigenvalue weighted by Crippen LogP contribution is 2.25. The van der Waals surface area contributed by atoms with Crippen LogP contribution in [0.15, 0.2) is 48.7 Å². The molecule has 6 heteroatoms. The molecule has 0 unspecified atom stereocenters. The Morgan fingerprint density at radius 2 is 1.77 bits per heavy atom. The summed E-state index contributed by atoms with van der Waals surface area (Å²) in [6.07, 6.45) is 1.77. The van der Waals surface area contributed by atoms with Crippen molar-refractivity contribution in [3.05, 3.63) is 54.2 Å². The summed E-state index contributed by atoms with van der Waals surface area (Å²) in [4.78, 5) is 17.1. The molecule has 0 fully saturated rings. The second-order valence-electron chi connectivity index (χ2n) is 7.76. The van der Waals surface area contributed by atoms with Crippen molar-refractivity contribution < 1.29 is 9.53 Å². The smallest absolute Gasteiger partial charge is 0.249 e. The second kappa shape index (κ2) is 6.44. The molecule has 1 aromatic carbocycles. The van der Waals surface area contributed by atoms with Crippen molar-refractivity contribution in [2.45, 2.75) is 45.6 Å². The SMILES string of the molecule is CC(C)(C)Oc1ccn2nc(NC(=O)C(C)(C)c3ccccc3)nc2c1. The van der Waals surface area contributed by atoms with E-state index in [9.17, 15) is 4.79 Å². The van der Waals surface area contributed by atoms with Gasteiger partial charge in [-0.25, -0.2) is 4.52 Å². The molecule has 0 radical (unpaired) electrons. The van der Waals surface area contributed by atoms with Gasteiger partial charge in [0.2, 0.25) is 11.9 Å². The van der Waals surface area contributed by atoms with Gasteiger partial charge in [0, 0.05) is 12.3 Å². The van der Waals surface area contributed by atoms with Crippen LogP contribution in [0.25, 0.3) is 5.65 Å². The summed E-state index contributed by atoms with van der Waals surface area (Å²) in [5, 5.41) is 7.13. The Kier molecular flexibility index (Phi) is 4.44. The quantitative estimate of drug-likeness (QED) is 0.775. The average Bonchev–Trinajstić information content (AvgIpc) is 2.95. The van der Waals surface area contributed by atoms with Crippen LogP contribution < -0.4 is 10.1 Å². The Morgan fingerprint density at radius 3 is 2.42 bits per heavy atom. The van der Waals surface area contributed by atoms with E-state index >= 15 is 0 Å². The van der Waals surface area contributed by atoms with Gasteiger partial charge in [-0.15, -0.1) is 5.10 Å². The zero-order chi connectivity index (χ0) is 18.9. The van der Waals surface area contributed by atoms with Gasteiger partial charge in [-0.1, -0.05) is 30.3 Å². The first kappa shape index (κ1) is 17.9. The van der Waals surface area contributed by atoms with E-state index in [0.29, 0.717) is 11.4 Å². The van der Waals surface area contributed by atoms with Crippen molar-refractivity contribution in [3.8, 4) is 5.75 Å². The molecule has 3 rings (SSSR count). The number of benzene rings is 1. The highest BCUT2D eigenvalue weighted by atomic mass is 16.5. The van der Waals surface area contributed by atoms with Gasteiger partial charge in [-0.2, -0.15) is 4.98 Å². The number of carbonyl (C=O) groups is 1. The maximum atomic E-state index is 12.7. The molecule has 136 valence electrons. The summed E-state index contributed by atoms with van der Waals surface area (Å²) in [6.45, 7) is 9.71. The number of aromatic nitrogens is 3. The highest BCUT2D eigenvalue weighted by molar-refractivity contribution is 5.97. The Labute approximate surface area is 153 Å². The van der Waals surface area contributed by atoms with Crippen LogP contribution in [-0.2, 0) is 10.2 Å². The van der Waals surface area contributed by atoms with Gasteiger partial charge in [0.25, 0.3) is 0 Å². The first-order valence-electron chi connectivity index (χ1n) is 8.58. The third kappa shape index (κ3) is 3.85. The normalized spacial score (nSPS) is 12.2. The molecule has 3 aromatic rings. The van der Waals surface area contributed by atoms with E-state index in [2.05, 4.69) is 15.4 Å². The molecule has 0 aliphatic carbocycles. The number of anilines is 1. The number of ether oxygens (including phenoxy) is 1. The third-order valence-corrected chi connectivity index (χ3v) is 4.02. The standard InChI is InChI=1S/C20H24N4O2/c1-19(2,3)26-15-11-12-24-16(13-15)21-18(23-24)22-17(25)20(4,5)14-9-7-6-8-10-14/h6-13H,1-5H3,(H,22,23,25). The number of rotatable bonds is 4. The van der Waals surface area contributed by atoms with E-state index in [0.717, 1.165) is 5.56 Å². The molecular formula is C20H24N4O2. The van der Waals surface area contributed by atoms with E-state index in [1.165, 1.54) is 0 Å². The molecule has 6 nitrogen and oxygen atoms in total. The van der Waals surface area contributed by atoms with Crippen LogP contribution >= 0.6 is 0 Å². The molecule has 1 N–H and O–H groups in total. The van der Waals surface area contributed by atoms with Gasteiger partial charge in [-0.05, 0) is 46.2 Å². The lowest BCUT2D eigenvalue weighted by Crippen LogP contribution is -2.35. The van der Waals surface area contributed by atoms with Gasteiger partial charge in [-0.3, -0.25) is 10.1 Å². The summed E-state index contributed by atoms with van der Waals surface area (Å²) >= 11 is 0. The van der Waals surface area contributed by atoms with Crippen molar-refractivity contribution in [2.24, 2.45) is 0 Å². The van der Waals surface area contributed by atoms with Crippen molar-refractivity contribution in [1.82, 2.24) is 14.6 Å². The summed E-state index contributed by atoms with van der Waals surface area (Å²) in [5.41, 5.74) is 0.552. The molecule has 0 saturated carbocycles. The van der Waals surface area contributed by atoms with Crippen LogP contribution in [0.1, 0.15) is 40.2 Å². The molecule has 0 bridgehead atoms. The van der Waals surface area contributed by atoms with E-state index < -0.39 is 5.41 Å². The van der Waals surface area contributed by atoms with Crippen LogP contribution in [0.5, 0.6) is 5.75 Å². The van der Waals surface area contributed by atoms with Gasteiger partial charge >= 0.3 is 0 Å². The van der Waals surface area contributed by atoms with E-state index in [4.69, 9.17) is 4.74 Å². The topological polar surface area (TPSA) is 68.5 Å². The summed E-state index contributed by atoms with van der Waals surface area (Å²) in [5.74, 6) is 0.817. The van der Waals surface area contributed by atoms with Crippen LogP contribution in [0.2, 0.25) is 0 Å². The number of nitrogens with zero attached hydrogens (tertiary/aromatic N) is 3. The van der Waals surface area contributed by atoms with Crippen LogP contribution in [0.4, 0.5) is 5.95 Å². The third-order valence-electron chi connectivity index (χ3n) is 4.02. The molecule has 2 aromatic heterocycles. The Morgan fingerprint density at radius 1 is 1.08 bits per heavy atom. The van der Waals surface area contributed by atoms with Crippen LogP contribution in [-0.4, -0.2) is 26.1 Å². The lowest BCUT2D eigenvalue weighted by molar-refractivity contribution is -0.120. The maximum Gasteiger partial charge on any atom is 0.249 e. The summed E-state index contributed by atoms with van der Waals surface area (Å²) in [6, 6.07) is 13.3. The molecular weight excluding hydrogens is 328 g/mol. The first-order valence-corrected chi connectivity index (χ1v) is 8.58. The number of amides is 1. The predicted octanol–water partition coefficient (Wildman–Crippen LogP) is 3.82. The first-order chi connectivity index (χ1) is 12.1. The van der Waals surface area contributed by atoms with E-state index in [1.54, 1.807) is 16.8 Å². The Balaban J connectivity index is 1.81. The van der Waals surface area contributed by atoms with Gasteiger partial charge < -0.3 is 4.74 Å².